The molecule has 0 radical (unpaired) electrons. The maximum Gasteiger partial charge on any atom is 0.220 e. The Kier molecular flexibility index (Phi) is 6.23. The Hall–Kier alpha value is -2.56. The van der Waals surface area contributed by atoms with Crippen LogP contribution in [0.15, 0.2) is 48.7 Å². The lowest BCUT2D eigenvalue weighted by Gasteiger charge is -2.07. The van der Waals surface area contributed by atoms with Crippen molar-refractivity contribution in [3.05, 3.63) is 54.2 Å². The second kappa shape index (κ2) is 8.67. The number of amides is 1. The predicted octanol–water partition coefficient (Wildman–Crippen LogP) is 2.21. The number of rotatable bonds is 8. The minimum atomic E-state index is 0.0954. The molecular weight excluding hydrogens is 276 g/mol. The Morgan fingerprint density at radius 3 is 2.64 bits per heavy atom. The van der Waals surface area contributed by atoms with E-state index in [2.05, 4.69) is 15.6 Å². The molecule has 0 bridgehead atoms. The number of benzene rings is 1. The normalized spacial score (nSPS) is 10.2. The summed E-state index contributed by atoms with van der Waals surface area (Å²) in [4.78, 5) is 15.7. The van der Waals surface area contributed by atoms with Crippen molar-refractivity contribution in [3.63, 3.8) is 0 Å². The maximum atomic E-state index is 11.7. The van der Waals surface area contributed by atoms with Crippen molar-refractivity contribution >= 4 is 17.4 Å². The first-order valence-electron chi connectivity index (χ1n) is 7.50. The van der Waals surface area contributed by atoms with Gasteiger partial charge in [-0.3, -0.25) is 4.79 Å². The summed E-state index contributed by atoms with van der Waals surface area (Å²) in [6.45, 7) is 1.45. The summed E-state index contributed by atoms with van der Waals surface area (Å²) in [5, 5.41) is 6.17. The number of carbonyl (C=O) groups is 1. The number of nitrogens with zero attached hydrogens (tertiary/aromatic N) is 1. The van der Waals surface area contributed by atoms with Crippen LogP contribution in [0.2, 0.25) is 0 Å². The van der Waals surface area contributed by atoms with Gasteiger partial charge in [-0.25, -0.2) is 4.98 Å². The molecule has 0 unspecified atom stereocenters. The molecule has 0 aliphatic rings. The number of anilines is 2. The Morgan fingerprint density at radius 1 is 1.09 bits per heavy atom. The molecule has 5 heteroatoms. The van der Waals surface area contributed by atoms with Gasteiger partial charge in [0, 0.05) is 19.5 Å². The fourth-order valence-corrected chi connectivity index (χ4v) is 2.05. The highest BCUT2D eigenvalue weighted by Crippen LogP contribution is 2.06. The molecule has 1 aromatic heterocycles. The second-order valence-corrected chi connectivity index (χ2v) is 5.09. The van der Waals surface area contributed by atoms with E-state index in [4.69, 9.17) is 5.73 Å². The molecule has 0 saturated heterocycles. The SMILES string of the molecule is Nc1ccc(NCCCNC(=O)CCc2ccccc2)cn1. The summed E-state index contributed by atoms with van der Waals surface area (Å²) in [6.07, 6.45) is 3.87. The Labute approximate surface area is 130 Å². The molecule has 1 heterocycles. The van der Waals surface area contributed by atoms with Crippen molar-refractivity contribution in [3.8, 4) is 0 Å². The molecule has 0 aliphatic carbocycles. The zero-order valence-corrected chi connectivity index (χ0v) is 12.6. The average Bonchev–Trinajstić information content (AvgIpc) is 2.55. The van der Waals surface area contributed by atoms with Crippen LogP contribution in [0.25, 0.3) is 0 Å². The summed E-state index contributed by atoms with van der Waals surface area (Å²) in [5.41, 5.74) is 7.65. The highest BCUT2D eigenvalue weighted by Gasteiger charge is 2.01. The van der Waals surface area contributed by atoms with Gasteiger partial charge in [-0.2, -0.15) is 0 Å². The number of nitrogens with one attached hydrogen (secondary N) is 2. The van der Waals surface area contributed by atoms with Gasteiger partial charge in [0.05, 0.1) is 11.9 Å². The largest absolute Gasteiger partial charge is 0.384 e. The van der Waals surface area contributed by atoms with E-state index in [0.717, 1.165) is 25.1 Å². The summed E-state index contributed by atoms with van der Waals surface area (Å²) in [7, 11) is 0. The molecule has 2 aromatic rings. The number of hydrogen-bond acceptors (Lipinski definition) is 4. The fourth-order valence-electron chi connectivity index (χ4n) is 2.05. The van der Waals surface area contributed by atoms with Crippen LogP contribution in [0.4, 0.5) is 11.5 Å². The molecule has 0 atom stereocenters. The zero-order chi connectivity index (χ0) is 15.6. The van der Waals surface area contributed by atoms with Crippen LogP contribution in [0.3, 0.4) is 0 Å². The van der Waals surface area contributed by atoms with Gasteiger partial charge in [0.25, 0.3) is 0 Å². The van der Waals surface area contributed by atoms with E-state index >= 15 is 0 Å². The lowest BCUT2D eigenvalue weighted by molar-refractivity contribution is -0.121. The van der Waals surface area contributed by atoms with Crippen molar-refractivity contribution in [2.75, 3.05) is 24.1 Å². The second-order valence-electron chi connectivity index (χ2n) is 5.09. The van der Waals surface area contributed by atoms with Crippen molar-refractivity contribution < 1.29 is 4.79 Å². The molecule has 116 valence electrons. The quantitative estimate of drug-likeness (QED) is 0.653. The molecular formula is C17H22N4O. The standard InChI is InChI=1S/C17H22N4O/c18-16-9-8-15(13-21-16)19-11-4-12-20-17(22)10-7-14-5-2-1-3-6-14/h1-3,5-6,8-9,13,19H,4,7,10-12H2,(H2,18,21)(H,20,22). The van der Waals surface area contributed by atoms with Crippen LogP contribution in [-0.4, -0.2) is 24.0 Å². The summed E-state index contributed by atoms with van der Waals surface area (Å²) in [6, 6.07) is 13.7. The van der Waals surface area contributed by atoms with Gasteiger partial charge in [0.2, 0.25) is 5.91 Å². The molecule has 1 amide bonds. The highest BCUT2D eigenvalue weighted by molar-refractivity contribution is 5.76. The van der Waals surface area contributed by atoms with Gasteiger partial charge in [-0.05, 0) is 30.5 Å². The molecule has 4 N–H and O–H groups in total. The zero-order valence-electron chi connectivity index (χ0n) is 12.6. The van der Waals surface area contributed by atoms with E-state index in [1.807, 2.05) is 36.4 Å². The average molecular weight is 298 g/mol. The van der Waals surface area contributed by atoms with Gasteiger partial charge in [0.1, 0.15) is 5.82 Å². The number of carbonyl (C=O) groups excluding carboxylic acids is 1. The number of aryl methyl sites for hydroxylation is 1. The Morgan fingerprint density at radius 2 is 1.91 bits per heavy atom. The minimum absolute atomic E-state index is 0.0954. The summed E-state index contributed by atoms with van der Waals surface area (Å²) < 4.78 is 0. The highest BCUT2D eigenvalue weighted by atomic mass is 16.1. The molecule has 1 aromatic carbocycles. The van der Waals surface area contributed by atoms with E-state index in [-0.39, 0.29) is 5.91 Å². The molecule has 0 spiro atoms. The van der Waals surface area contributed by atoms with Crippen LogP contribution in [0.5, 0.6) is 0 Å². The predicted molar refractivity (Wildman–Crippen MR) is 89.5 cm³/mol. The van der Waals surface area contributed by atoms with E-state index in [1.54, 1.807) is 12.3 Å². The molecule has 22 heavy (non-hydrogen) atoms. The number of hydrogen-bond donors (Lipinski definition) is 3. The molecule has 2 rings (SSSR count). The van der Waals surface area contributed by atoms with E-state index in [1.165, 1.54) is 5.56 Å². The van der Waals surface area contributed by atoms with Crippen LogP contribution in [-0.2, 0) is 11.2 Å². The molecule has 0 fully saturated rings. The fraction of sp³-hybridized carbons (Fsp3) is 0.294. The molecule has 0 saturated carbocycles. The smallest absolute Gasteiger partial charge is 0.220 e. The third kappa shape index (κ3) is 5.83. The van der Waals surface area contributed by atoms with Crippen molar-refractivity contribution in [1.29, 1.82) is 0 Å². The van der Waals surface area contributed by atoms with Crippen LogP contribution >= 0.6 is 0 Å². The third-order valence-corrected chi connectivity index (χ3v) is 3.27. The van der Waals surface area contributed by atoms with Crippen molar-refractivity contribution in [2.24, 2.45) is 0 Å². The third-order valence-electron chi connectivity index (χ3n) is 3.27. The summed E-state index contributed by atoms with van der Waals surface area (Å²) in [5.74, 6) is 0.606. The first kappa shape index (κ1) is 15.8. The summed E-state index contributed by atoms with van der Waals surface area (Å²) >= 11 is 0. The minimum Gasteiger partial charge on any atom is -0.384 e. The van der Waals surface area contributed by atoms with Gasteiger partial charge in [-0.15, -0.1) is 0 Å². The maximum absolute atomic E-state index is 11.7. The van der Waals surface area contributed by atoms with Gasteiger partial charge >= 0.3 is 0 Å². The lowest BCUT2D eigenvalue weighted by Crippen LogP contribution is -2.26. The van der Waals surface area contributed by atoms with Crippen LogP contribution < -0.4 is 16.4 Å². The van der Waals surface area contributed by atoms with Gasteiger partial charge in [0.15, 0.2) is 0 Å². The van der Waals surface area contributed by atoms with Gasteiger partial charge in [-0.1, -0.05) is 30.3 Å². The van der Waals surface area contributed by atoms with E-state index in [0.29, 0.717) is 18.8 Å². The van der Waals surface area contributed by atoms with Crippen molar-refractivity contribution in [1.82, 2.24) is 10.3 Å². The topological polar surface area (TPSA) is 80.0 Å². The number of nitrogen functional groups attached to an aromatic ring is 1. The van der Waals surface area contributed by atoms with E-state index < -0.39 is 0 Å². The first-order chi connectivity index (χ1) is 10.7. The lowest BCUT2D eigenvalue weighted by atomic mass is 10.1. The number of aromatic nitrogens is 1. The Balaban J connectivity index is 1.54. The Bertz CT molecular complexity index is 569. The number of nitrogens with two attached hydrogens (primary N) is 1. The molecule has 5 nitrogen and oxygen atoms in total. The first-order valence-corrected chi connectivity index (χ1v) is 7.50. The number of pyridine rings is 1. The van der Waals surface area contributed by atoms with E-state index in [9.17, 15) is 4.79 Å². The monoisotopic (exact) mass is 298 g/mol. The van der Waals surface area contributed by atoms with Gasteiger partial charge < -0.3 is 16.4 Å². The molecule has 0 aliphatic heterocycles. The van der Waals surface area contributed by atoms with Crippen LogP contribution in [0.1, 0.15) is 18.4 Å². The van der Waals surface area contributed by atoms with Crippen molar-refractivity contribution in [2.45, 2.75) is 19.3 Å². The van der Waals surface area contributed by atoms with Crippen LogP contribution in [0, 0.1) is 0 Å².